The lowest BCUT2D eigenvalue weighted by molar-refractivity contribution is 0.0689. The van der Waals surface area contributed by atoms with Crippen molar-refractivity contribution in [2.75, 3.05) is 40.0 Å². The molecule has 0 aromatic carbocycles. The van der Waals surface area contributed by atoms with Crippen LogP contribution in [0.5, 0.6) is 0 Å². The van der Waals surface area contributed by atoms with Crippen molar-refractivity contribution in [2.45, 2.75) is 40.2 Å². The lowest BCUT2D eigenvalue weighted by atomic mass is 10.3. The molecule has 1 aromatic heterocycles. The van der Waals surface area contributed by atoms with Crippen LogP contribution < -0.4 is 10.6 Å². The molecule has 0 bridgehead atoms. The van der Waals surface area contributed by atoms with Crippen molar-refractivity contribution in [1.82, 2.24) is 15.6 Å². The number of hydrogen-bond acceptors (Lipinski definition) is 5. The Balaban J connectivity index is 0.00000529. The fraction of sp³-hybridized carbons (Fsp3) is 0.750. The van der Waals surface area contributed by atoms with Crippen molar-refractivity contribution in [3.63, 3.8) is 0 Å². The number of oxazole rings is 1. The molecule has 0 atom stereocenters. The summed E-state index contributed by atoms with van der Waals surface area (Å²) in [7, 11) is 1.68. The third kappa shape index (κ3) is 10.1. The summed E-state index contributed by atoms with van der Waals surface area (Å²) in [5, 5.41) is 6.52. The van der Waals surface area contributed by atoms with E-state index in [-0.39, 0.29) is 24.0 Å². The Labute approximate surface area is 162 Å². The quantitative estimate of drug-likeness (QED) is 0.231. The van der Waals surface area contributed by atoms with E-state index in [1.807, 2.05) is 20.8 Å². The maximum atomic E-state index is 5.53. The third-order valence-corrected chi connectivity index (χ3v) is 3.23. The first-order valence-electron chi connectivity index (χ1n) is 8.19. The number of aromatic nitrogens is 1. The standard InChI is InChI=1S/C16H30N4O3.HI/c1-5-17-16(18-8-6-7-9-22-11-10-21-4)19-12-15-20-13(2)14(3)23-15;/h5-12H2,1-4H3,(H2,17,18,19);1H. The average molecular weight is 454 g/mol. The summed E-state index contributed by atoms with van der Waals surface area (Å²) in [4.78, 5) is 8.82. The van der Waals surface area contributed by atoms with Crippen LogP contribution in [0.15, 0.2) is 9.41 Å². The number of methoxy groups -OCH3 is 1. The Morgan fingerprint density at radius 2 is 1.96 bits per heavy atom. The molecule has 0 saturated heterocycles. The number of nitrogens with one attached hydrogen (secondary N) is 2. The molecule has 0 aliphatic carbocycles. The van der Waals surface area contributed by atoms with Gasteiger partial charge in [0.25, 0.3) is 0 Å². The normalized spacial score (nSPS) is 11.2. The summed E-state index contributed by atoms with van der Waals surface area (Å²) in [6.07, 6.45) is 2.03. The Morgan fingerprint density at radius 3 is 2.58 bits per heavy atom. The van der Waals surface area contributed by atoms with E-state index in [1.165, 1.54) is 0 Å². The number of aryl methyl sites for hydroxylation is 2. The predicted molar refractivity (Wildman–Crippen MR) is 106 cm³/mol. The zero-order chi connectivity index (χ0) is 16.9. The molecule has 0 amide bonds. The van der Waals surface area contributed by atoms with Crippen molar-refractivity contribution in [3.05, 3.63) is 17.3 Å². The zero-order valence-corrected chi connectivity index (χ0v) is 17.5. The summed E-state index contributed by atoms with van der Waals surface area (Å²) in [5.41, 5.74) is 0.918. The van der Waals surface area contributed by atoms with Crippen LogP contribution in [0.1, 0.15) is 37.1 Å². The Kier molecular flexibility index (Phi) is 13.9. The van der Waals surface area contributed by atoms with Gasteiger partial charge in [-0.05, 0) is 33.6 Å². The van der Waals surface area contributed by atoms with Gasteiger partial charge in [0.2, 0.25) is 5.89 Å². The molecular weight excluding hydrogens is 423 g/mol. The van der Waals surface area contributed by atoms with E-state index in [1.54, 1.807) is 7.11 Å². The molecule has 8 heteroatoms. The summed E-state index contributed by atoms with van der Waals surface area (Å²) in [6, 6.07) is 0. The van der Waals surface area contributed by atoms with Crippen LogP contribution in [-0.2, 0) is 16.0 Å². The summed E-state index contributed by atoms with van der Waals surface area (Å²) in [5.74, 6) is 2.27. The number of unbranched alkanes of at least 4 members (excludes halogenated alkanes) is 1. The molecule has 1 rings (SSSR count). The Bertz CT molecular complexity index is 447. The van der Waals surface area contributed by atoms with Crippen LogP contribution in [-0.4, -0.2) is 51.0 Å². The van der Waals surface area contributed by atoms with Gasteiger partial charge in [0.15, 0.2) is 5.96 Å². The van der Waals surface area contributed by atoms with Gasteiger partial charge in [0.05, 0.1) is 18.9 Å². The molecule has 140 valence electrons. The van der Waals surface area contributed by atoms with Crippen molar-refractivity contribution in [3.8, 4) is 0 Å². The highest BCUT2D eigenvalue weighted by molar-refractivity contribution is 14.0. The molecular formula is C16H31IN4O3. The molecule has 0 aliphatic rings. The van der Waals surface area contributed by atoms with Gasteiger partial charge in [-0.3, -0.25) is 0 Å². The van der Waals surface area contributed by atoms with Crippen molar-refractivity contribution >= 4 is 29.9 Å². The first-order chi connectivity index (χ1) is 11.2. The van der Waals surface area contributed by atoms with E-state index in [0.717, 1.165) is 50.0 Å². The number of aliphatic imine (C=N–C) groups is 1. The number of ether oxygens (including phenoxy) is 2. The van der Waals surface area contributed by atoms with Gasteiger partial charge in [0.1, 0.15) is 12.3 Å². The minimum absolute atomic E-state index is 0. The highest BCUT2D eigenvalue weighted by Crippen LogP contribution is 2.08. The Morgan fingerprint density at radius 1 is 1.17 bits per heavy atom. The summed E-state index contributed by atoms with van der Waals surface area (Å²) >= 11 is 0. The van der Waals surface area contributed by atoms with E-state index in [4.69, 9.17) is 13.9 Å². The number of nitrogens with zero attached hydrogens (tertiary/aromatic N) is 2. The largest absolute Gasteiger partial charge is 0.444 e. The molecule has 1 heterocycles. The molecule has 0 spiro atoms. The van der Waals surface area contributed by atoms with Gasteiger partial charge in [0, 0.05) is 26.8 Å². The second kappa shape index (κ2) is 14.5. The van der Waals surface area contributed by atoms with Gasteiger partial charge in [-0.2, -0.15) is 0 Å². The molecule has 1 aromatic rings. The van der Waals surface area contributed by atoms with E-state index in [0.29, 0.717) is 25.6 Å². The average Bonchev–Trinajstić information content (AvgIpc) is 2.86. The maximum absolute atomic E-state index is 5.53. The third-order valence-electron chi connectivity index (χ3n) is 3.23. The van der Waals surface area contributed by atoms with Gasteiger partial charge in [-0.15, -0.1) is 24.0 Å². The van der Waals surface area contributed by atoms with E-state index in [2.05, 4.69) is 20.6 Å². The SMILES string of the molecule is CCNC(=NCc1nc(C)c(C)o1)NCCCCOCCOC.I. The number of hydrogen-bond donors (Lipinski definition) is 2. The highest BCUT2D eigenvalue weighted by Gasteiger charge is 2.05. The monoisotopic (exact) mass is 454 g/mol. The molecule has 0 unspecified atom stereocenters. The highest BCUT2D eigenvalue weighted by atomic mass is 127. The second-order valence-corrected chi connectivity index (χ2v) is 5.18. The lowest BCUT2D eigenvalue weighted by Gasteiger charge is -2.10. The van der Waals surface area contributed by atoms with Crippen LogP contribution >= 0.6 is 24.0 Å². The number of rotatable bonds is 11. The molecule has 0 aliphatic heterocycles. The summed E-state index contributed by atoms with van der Waals surface area (Å²) < 4.78 is 15.9. The van der Waals surface area contributed by atoms with E-state index in [9.17, 15) is 0 Å². The summed E-state index contributed by atoms with van der Waals surface area (Å²) in [6.45, 7) is 10.0. The van der Waals surface area contributed by atoms with Crippen LogP contribution in [0, 0.1) is 13.8 Å². The van der Waals surface area contributed by atoms with Crippen LogP contribution in [0.25, 0.3) is 0 Å². The zero-order valence-electron chi connectivity index (χ0n) is 15.2. The van der Waals surface area contributed by atoms with Crippen LogP contribution in [0.3, 0.4) is 0 Å². The minimum atomic E-state index is 0. The maximum Gasteiger partial charge on any atom is 0.216 e. The van der Waals surface area contributed by atoms with Crippen molar-refractivity contribution in [2.24, 2.45) is 4.99 Å². The molecule has 2 N–H and O–H groups in total. The van der Waals surface area contributed by atoms with Crippen molar-refractivity contribution in [1.29, 1.82) is 0 Å². The molecule has 0 radical (unpaired) electrons. The molecule has 0 saturated carbocycles. The first-order valence-corrected chi connectivity index (χ1v) is 8.19. The van der Waals surface area contributed by atoms with Crippen molar-refractivity contribution < 1.29 is 13.9 Å². The van der Waals surface area contributed by atoms with Gasteiger partial charge >= 0.3 is 0 Å². The second-order valence-electron chi connectivity index (χ2n) is 5.18. The molecule has 0 fully saturated rings. The molecule has 7 nitrogen and oxygen atoms in total. The topological polar surface area (TPSA) is 80.9 Å². The van der Waals surface area contributed by atoms with Gasteiger partial charge in [-0.25, -0.2) is 9.98 Å². The lowest BCUT2D eigenvalue weighted by Crippen LogP contribution is -2.37. The smallest absolute Gasteiger partial charge is 0.216 e. The van der Waals surface area contributed by atoms with E-state index < -0.39 is 0 Å². The predicted octanol–water partition coefficient (Wildman–Crippen LogP) is 2.41. The van der Waals surface area contributed by atoms with Gasteiger partial charge < -0.3 is 24.5 Å². The molecule has 24 heavy (non-hydrogen) atoms. The Hall–Kier alpha value is -0.870. The van der Waals surface area contributed by atoms with Crippen LogP contribution in [0.2, 0.25) is 0 Å². The minimum Gasteiger partial charge on any atom is -0.444 e. The fourth-order valence-electron chi connectivity index (χ4n) is 1.88. The van der Waals surface area contributed by atoms with Crippen LogP contribution in [0.4, 0.5) is 0 Å². The van der Waals surface area contributed by atoms with E-state index >= 15 is 0 Å². The van der Waals surface area contributed by atoms with Gasteiger partial charge in [-0.1, -0.05) is 0 Å². The number of guanidine groups is 1. The first kappa shape index (κ1) is 23.1. The fourth-order valence-corrected chi connectivity index (χ4v) is 1.88. The number of halogens is 1.